The first-order valence-electron chi connectivity index (χ1n) is 19.0. The highest BCUT2D eigenvalue weighted by molar-refractivity contribution is 6.33. The predicted molar refractivity (Wildman–Crippen MR) is 232 cm³/mol. The largest absolute Gasteiger partial charge is 0.456 e. The molecule has 260 valence electrons. The molecule has 0 saturated heterocycles. The topological polar surface area (TPSA) is 43.9 Å². The number of rotatable bonds is 4. The number of nitrogens with zero attached hydrogens (tertiary/aromatic N) is 3. The molecule has 3 heterocycles. The Morgan fingerprint density at radius 2 is 0.964 bits per heavy atom. The van der Waals surface area contributed by atoms with E-state index >= 15 is 0 Å². The maximum atomic E-state index is 6.18. The molecule has 12 rings (SSSR count). The van der Waals surface area contributed by atoms with Gasteiger partial charge < -0.3 is 4.42 Å². The van der Waals surface area contributed by atoms with E-state index in [0.29, 0.717) is 5.95 Å². The van der Waals surface area contributed by atoms with E-state index in [0.717, 1.165) is 88.2 Å². The van der Waals surface area contributed by atoms with Crippen LogP contribution in [0.3, 0.4) is 0 Å². The summed E-state index contributed by atoms with van der Waals surface area (Å²) in [6.07, 6.45) is 0. The van der Waals surface area contributed by atoms with Crippen LogP contribution in [-0.4, -0.2) is 14.5 Å². The molecule has 0 fully saturated rings. The van der Waals surface area contributed by atoms with Gasteiger partial charge in [0.2, 0.25) is 5.95 Å². The fourth-order valence-corrected chi connectivity index (χ4v) is 8.91. The summed E-state index contributed by atoms with van der Waals surface area (Å²) in [5.74, 6) is 0.642. The van der Waals surface area contributed by atoms with Crippen molar-refractivity contribution >= 4 is 76.2 Å². The van der Waals surface area contributed by atoms with Crippen LogP contribution in [0.25, 0.3) is 116 Å². The van der Waals surface area contributed by atoms with Crippen LogP contribution in [0.1, 0.15) is 0 Å². The second-order valence-corrected chi connectivity index (χ2v) is 14.5. The molecule has 0 N–H and O–H groups in total. The van der Waals surface area contributed by atoms with Crippen molar-refractivity contribution in [2.24, 2.45) is 0 Å². The minimum absolute atomic E-state index is 0.642. The molecule has 0 aliphatic rings. The Balaban J connectivity index is 1.20. The van der Waals surface area contributed by atoms with Crippen LogP contribution in [0.15, 0.2) is 192 Å². The van der Waals surface area contributed by atoms with E-state index in [2.05, 4.69) is 174 Å². The molecule has 0 aliphatic carbocycles. The second-order valence-electron chi connectivity index (χ2n) is 14.5. The highest BCUT2D eigenvalue weighted by Gasteiger charge is 2.24. The van der Waals surface area contributed by atoms with Crippen molar-refractivity contribution < 1.29 is 4.42 Å². The highest BCUT2D eigenvalue weighted by atomic mass is 16.3. The third-order valence-corrected chi connectivity index (χ3v) is 11.4. The maximum Gasteiger partial charge on any atom is 0.235 e. The lowest BCUT2D eigenvalue weighted by molar-refractivity contribution is 0.669. The molecular weight excluding hydrogens is 683 g/mol. The fourth-order valence-electron chi connectivity index (χ4n) is 8.91. The van der Waals surface area contributed by atoms with Crippen LogP contribution in [0.2, 0.25) is 0 Å². The Morgan fingerprint density at radius 1 is 0.357 bits per heavy atom. The molecule has 56 heavy (non-hydrogen) atoms. The molecule has 4 nitrogen and oxygen atoms in total. The smallest absolute Gasteiger partial charge is 0.235 e. The first kappa shape index (κ1) is 30.9. The SMILES string of the molecule is c1ccc(-c2nc(-n3c4c(-c5cccc(-c6ccc7oc8ccccc8c7c6)c5)cccc4c4c5ccccc5c5ccccc5c43)nc3ccccc23)cc1. The summed E-state index contributed by atoms with van der Waals surface area (Å²) in [7, 11) is 0. The third-order valence-electron chi connectivity index (χ3n) is 11.4. The maximum absolute atomic E-state index is 6.18. The van der Waals surface area contributed by atoms with E-state index in [9.17, 15) is 0 Å². The summed E-state index contributed by atoms with van der Waals surface area (Å²) >= 11 is 0. The van der Waals surface area contributed by atoms with Crippen LogP contribution in [0.5, 0.6) is 0 Å². The lowest BCUT2D eigenvalue weighted by atomic mass is 9.95. The van der Waals surface area contributed by atoms with E-state index in [4.69, 9.17) is 14.4 Å². The lowest BCUT2D eigenvalue weighted by Crippen LogP contribution is -2.04. The zero-order chi connectivity index (χ0) is 36.7. The number of furan rings is 1. The van der Waals surface area contributed by atoms with Crippen molar-refractivity contribution in [2.75, 3.05) is 0 Å². The van der Waals surface area contributed by atoms with Crippen LogP contribution < -0.4 is 0 Å². The third kappa shape index (κ3) is 4.53. The number of benzene rings is 9. The van der Waals surface area contributed by atoms with Gasteiger partial charge in [-0.15, -0.1) is 0 Å². The number of para-hydroxylation sites is 3. The van der Waals surface area contributed by atoms with Crippen molar-refractivity contribution in [1.82, 2.24) is 14.5 Å². The van der Waals surface area contributed by atoms with Gasteiger partial charge in [-0.1, -0.05) is 158 Å². The number of hydrogen-bond donors (Lipinski definition) is 0. The average molecular weight is 714 g/mol. The molecule has 3 aromatic heterocycles. The van der Waals surface area contributed by atoms with Crippen molar-refractivity contribution in [1.29, 1.82) is 0 Å². The molecule has 9 aromatic carbocycles. The van der Waals surface area contributed by atoms with Gasteiger partial charge in [0.15, 0.2) is 0 Å². The predicted octanol–water partition coefficient (Wildman–Crippen LogP) is 13.9. The fraction of sp³-hybridized carbons (Fsp3) is 0. The Kier molecular flexibility index (Phi) is 6.60. The van der Waals surface area contributed by atoms with Crippen molar-refractivity contribution in [2.45, 2.75) is 0 Å². The van der Waals surface area contributed by atoms with Gasteiger partial charge in [0.1, 0.15) is 11.2 Å². The molecule has 0 atom stereocenters. The van der Waals surface area contributed by atoms with E-state index < -0.39 is 0 Å². The average Bonchev–Trinajstić information content (AvgIpc) is 3.83. The molecular formula is C52H31N3O. The Bertz CT molecular complexity index is 3540. The minimum Gasteiger partial charge on any atom is -0.456 e. The van der Waals surface area contributed by atoms with E-state index in [1.165, 1.54) is 21.5 Å². The summed E-state index contributed by atoms with van der Waals surface area (Å²) < 4.78 is 8.52. The summed E-state index contributed by atoms with van der Waals surface area (Å²) in [6, 6.07) is 66.7. The first-order valence-corrected chi connectivity index (χ1v) is 19.0. The quantitative estimate of drug-likeness (QED) is 0.171. The zero-order valence-corrected chi connectivity index (χ0v) is 30.1. The number of fused-ring (bicyclic) bond motifs is 12. The summed E-state index contributed by atoms with van der Waals surface area (Å²) in [5.41, 5.74) is 11.3. The van der Waals surface area contributed by atoms with Crippen molar-refractivity contribution in [3.8, 4) is 39.5 Å². The lowest BCUT2D eigenvalue weighted by Gasteiger charge is -2.15. The molecule has 12 aromatic rings. The second kappa shape index (κ2) is 12.0. The minimum atomic E-state index is 0.642. The van der Waals surface area contributed by atoms with Gasteiger partial charge in [-0.3, -0.25) is 4.57 Å². The monoisotopic (exact) mass is 713 g/mol. The van der Waals surface area contributed by atoms with Gasteiger partial charge in [0, 0.05) is 43.4 Å². The van der Waals surface area contributed by atoms with E-state index in [1.54, 1.807) is 0 Å². The van der Waals surface area contributed by atoms with Crippen molar-refractivity contribution in [3.63, 3.8) is 0 Å². The number of aromatic nitrogens is 3. The van der Waals surface area contributed by atoms with Gasteiger partial charge in [-0.25, -0.2) is 9.97 Å². The van der Waals surface area contributed by atoms with Gasteiger partial charge in [0.05, 0.1) is 22.2 Å². The van der Waals surface area contributed by atoms with Crippen LogP contribution in [0.4, 0.5) is 0 Å². The van der Waals surface area contributed by atoms with Crippen LogP contribution in [0, 0.1) is 0 Å². The zero-order valence-electron chi connectivity index (χ0n) is 30.1. The van der Waals surface area contributed by atoms with Crippen molar-refractivity contribution in [3.05, 3.63) is 188 Å². The Morgan fingerprint density at radius 3 is 1.82 bits per heavy atom. The highest BCUT2D eigenvalue weighted by Crippen LogP contribution is 2.45. The first-order chi connectivity index (χ1) is 27.8. The number of hydrogen-bond acceptors (Lipinski definition) is 3. The van der Waals surface area contributed by atoms with E-state index in [1.807, 2.05) is 18.2 Å². The molecule has 0 saturated carbocycles. The summed E-state index contributed by atoms with van der Waals surface area (Å²) in [4.78, 5) is 10.9. The molecule has 0 bridgehead atoms. The van der Waals surface area contributed by atoms with Gasteiger partial charge in [-0.05, 0) is 63.2 Å². The van der Waals surface area contributed by atoms with Crippen LogP contribution >= 0.6 is 0 Å². The van der Waals surface area contributed by atoms with E-state index in [-0.39, 0.29) is 0 Å². The summed E-state index contributed by atoms with van der Waals surface area (Å²) in [5, 5.41) is 10.4. The summed E-state index contributed by atoms with van der Waals surface area (Å²) in [6.45, 7) is 0. The van der Waals surface area contributed by atoms with Gasteiger partial charge >= 0.3 is 0 Å². The molecule has 0 aliphatic heterocycles. The Hall–Kier alpha value is -7.56. The molecule has 0 radical (unpaired) electrons. The normalized spacial score (nSPS) is 11.9. The standard InChI is InChI=1S/C52H31N3O/c1-2-14-32(15-3-1)49-42-23-8-10-26-45(42)53-52(54-49)55-50-36(24-13-25-43(50)48-40-21-6-4-18-37(40)38-19-5-7-22-41(38)51(48)55)35-17-12-16-33(30-35)34-28-29-47-44(31-34)39-20-9-11-27-46(39)56-47/h1-31H. The molecule has 0 spiro atoms. The van der Waals surface area contributed by atoms with Gasteiger partial charge in [0.25, 0.3) is 0 Å². The van der Waals surface area contributed by atoms with Gasteiger partial charge in [-0.2, -0.15) is 0 Å². The molecule has 0 amide bonds. The molecule has 0 unspecified atom stereocenters. The molecule has 4 heteroatoms. The van der Waals surface area contributed by atoms with Crippen LogP contribution in [-0.2, 0) is 0 Å². The Labute approximate surface area is 321 Å².